The van der Waals surface area contributed by atoms with E-state index in [0.29, 0.717) is 5.13 Å². The van der Waals surface area contributed by atoms with Crippen LogP contribution in [0.2, 0.25) is 0 Å². The predicted octanol–water partition coefficient (Wildman–Crippen LogP) is 1.14. The number of carbonyl (C=O) groups excluding carboxylic acids is 1. The molecule has 1 atom stereocenters. The van der Waals surface area contributed by atoms with Crippen molar-refractivity contribution in [2.75, 3.05) is 32.0 Å². The molecule has 1 saturated heterocycles. The number of nitrogens with one attached hydrogen (secondary N) is 2. The average Bonchev–Trinajstić information content (AvgIpc) is 2.89. The van der Waals surface area contributed by atoms with Crippen LogP contribution in [-0.4, -0.2) is 42.5 Å². The first kappa shape index (κ1) is 13.5. The number of thiazole rings is 1. The molecule has 2 rings (SSSR count). The highest BCUT2D eigenvalue weighted by Gasteiger charge is 2.22. The third kappa shape index (κ3) is 3.76. The van der Waals surface area contributed by atoms with Crippen LogP contribution in [0.4, 0.5) is 5.13 Å². The highest BCUT2D eigenvalue weighted by molar-refractivity contribution is 7.13. The van der Waals surface area contributed by atoms with Gasteiger partial charge in [-0.1, -0.05) is 0 Å². The summed E-state index contributed by atoms with van der Waals surface area (Å²) in [6.07, 6.45) is 1.25. The highest BCUT2D eigenvalue weighted by atomic mass is 32.1. The standard InChI is InChI=1S/C12H20N4OS/c1-9(17)14-12-15-11(8-18-12)7-16-4-3-10(6-16)5-13-2/h8,10,13H,3-7H2,1-2H3,(H,14,15,17). The molecule has 1 aromatic rings. The van der Waals surface area contributed by atoms with Crippen molar-refractivity contribution in [2.24, 2.45) is 5.92 Å². The van der Waals surface area contributed by atoms with E-state index in [0.717, 1.165) is 37.8 Å². The zero-order valence-electron chi connectivity index (χ0n) is 10.9. The molecule has 0 aromatic carbocycles. The molecule has 1 unspecified atom stereocenters. The lowest BCUT2D eigenvalue weighted by molar-refractivity contribution is -0.114. The van der Waals surface area contributed by atoms with Crippen molar-refractivity contribution in [1.29, 1.82) is 0 Å². The Balaban J connectivity index is 1.83. The Morgan fingerprint density at radius 2 is 2.50 bits per heavy atom. The Hall–Kier alpha value is -0.980. The maximum Gasteiger partial charge on any atom is 0.223 e. The fourth-order valence-electron chi connectivity index (χ4n) is 2.33. The molecule has 1 aromatic heterocycles. The third-order valence-corrected chi connectivity index (χ3v) is 3.89. The number of hydrogen-bond acceptors (Lipinski definition) is 5. The molecule has 0 spiro atoms. The fourth-order valence-corrected chi connectivity index (χ4v) is 3.08. The van der Waals surface area contributed by atoms with Gasteiger partial charge >= 0.3 is 0 Å². The summed E-state index contributed by atoms with van der Waals surface area (Å²) in [6, 6.07) is 0. The van der Waals surface area contributed by atoms with Crippen molar-refractivity contribution in [3.05, 3.63) is 11.1 Å². The molecule has 1 aliphatic heterocycles. The molecule has 0 aliphatic carbocycles. The van der Waals surface area contributed by atoms with Crippen LogP contribution in [0.15, 0.2) is 5.38 Å². The van der Waals surface area contributed by atoms with Gasteiger partial charge in [-0.3, -0.25) is 9.69 Å². The predicted molar refractivity (Wildman–Crippen MR) is 73.7 cm³/mol. The van der Waals surface area contributed by atoms with Gasteiger partial charge in [0.15, 0.2) is 5.13 Å². The average molecular weight is 268 g/mol. The number of aromatic nitrogens is 1. The van der Waals surface area contributed by atoms with Gasteiger partial charge in [0.05, 0.1) is 5.69 Å². The van der Waals surface area contributed by atoms with E-state index in [9.17, 15) is 4.79 Å². The highest BCUT2D eigenvalue weighted by Crippen LogP contribution is 2.21. The van der Waals surface area contributed by atoms with E-state index in [1.807, 2.05) is 12.4 Å². The molecule has 2 N–H and O–H groups in total. The number of hydrogen-bond donors (Lipinski definition) is 2. The Kier molecular flexibility index (Phi) is 4.68. The van der Waals surface area contributed by atoms with Crippen LogP contribution in [0.1, 0.15) is 19.0 Å². The smallest absolute Gasteiger partial charge is 0.223 e. The van der Waals surface area contributed by atoms with Gasteiger partial charge < -0.3 is 10.6 Å². The summed E-state index contributed by atoms with van der Waals surface area (Å²) in [7, 11) is 2.00. The Morgan fingerprint density at radius 1 is 1.67 bits per heavy atom. The zero-order valence-corrected chi connectivity index (χ0v) is 11.7. The zero-order chi connectivity index (χ0) is 13.0. The number of likely N-dealkylation sites (tertiary alicyclic amines) is 1. The van der Waals surface area contributed by atoms with E-state index in [2.05, 4.69) is 20.5 Å². The summed E-state index contributed by atoms with van der Waals surface area (Å²) in [6.45, 7) is 5.75. The second-order valence-electron chi connectivity index (χ2n) is 4.77. The lowest BCUT2D eigenvalue weighted by atomic mass is 10.1. The lowest BCUT2D eigenvalue weighted by Crippen LogP contribution is -2.24. The van der Waals surface area contributed by atoms with E-state index in [1.54, 1.807) is 0 Å². The molecule has 1 fully saturated rings. The Morgan fingerprint density at radius 3 is 3.22 bits per heavy atom. The number of rotatable bonds is 5. The summed E-state index contributed by atoms with van der Waals surface area (Å²) in [5.41, 5.74) is 1.05. The summed E-state index contributed by atoms with van der Waals surface area (Å²) in [5, 5.41) is 8.67. The van der Waals surface area contributed by atoms with Gasteiger partial charge in [-0.25, -0.2) is 4.98 Å². The maximum atomic E-state index is 10.9. The summed E-state index contributed by atoms with van der Waals surface area (Å²) < 4.78 is 0. The molecule has 6 heteroatoms. The monoisotopic (exact) mass is 268 g/mol. The Bertz CT molecular complexity index is 407. The van der Waals surface area contributed by atoms with E-state index in [1.165, 1.54) is 24.7 Å². The molecule has 5 nitrogen and oxygen atoms in total. The largest absolute Gasteiger partial charge is 0.319 e. The second-order valence-corrected chi connectivity index (χ2v) is 5.63. The molecule has 0 bridgehead atoms. The molecule has 0 saturated carbocycles. The van der Waals surface area contributed by atoms with E-state index < -0.39 is 0 Å². The quantitative estimate of drug-likeness (QED) is 0.841. The van der Waals surface area contributed by atoms with Crippen molar-refractivity contribution >= 4 is 22.4 Å². The minimum absolute atomic E-state index is 0.0637. The molecule has 0 radical (unpaired) electrons. The molecule has 1 aliphatic rings. The fraction of sp³-hybridized carbons (Fsp3) is 0.667. The summed E-state index contributed by atoms with van der Waals surface area (Å²) >= 11 is 1.49. The lowest BCUT2D eigenvalue weighted by Gasteiger charge is -2.14. The van der Waals surface area contributed by atoms with Gasteiger partial charge in [0.2, 0.25) is 5.91 Å². The first-order valence-electron chi connectivity index (χ1n) is 6.26. The van der Waals surface area contributed by atoms with E-state index in [4.69, 9.17) is 0 Å². The van der Waals surface area contributed by atoms with Gasteiger partial charge in [-0.05, 0) is 32.5 Å². The number of anilines is 1. The molecular formula is C12H20N4OS. The summed E-state index contributed by atoms with van der Waals surface area (Å²) in [5.74, 6) is 0.689. The molecular weight excluding hydrogens is 248 g/mol. The Labute approximate surface area is 112 Å². The van der Waals surface area contributed by atoms with Crippen LogP contribution in [0.25, 0.3) is 0 Å². The molecule has 18 heavy (non-hydrogen) atoms. The maximum absolute atomic E-state index is 10.9. The topological polar surface area (TPSA) is 57.3 Å². The number of amides is 1. The van der Waals surface area contributed by atoms with Crippen molar-refractivity contribution in [3.63, 3.8) is 0 Å². The molecule has 100 valence electrons. The minimum atomic E-state index is -0.0637. The van der Waals surface area contributed by atoms with Crippen molar-refractivity contribution < 1.29 is 4.79 Å². The van der Waals surface area contributed by atoms with Gasteiger partial charge in [0.1, 0.15) is 0 Å². The van der Waals surface area contributed by atoms with Crippen LogP contribution in [-0.2, 0) is 11.3 Å². The number of carbonyl (C=O) groups is 1. The van der Waals surface area contributed by atoms with Crippen molar-refractivity contribution in [2.45, 2.75) is 19.9 Å². The van der Waals surface area contributed by atoms with Crippen LogP contribution in [0, 0.1) is 5.92 Å². The van der Waals surface area contributed by atoms with Crippen LogP contribution in [0.5, 0.6) is 0 Å². The third-order valence-electron chi connectivity index (χ3n) is 3.08. The molecule has 1 amide bonds. The number of nitrogens with zero attached hydrogens (tertiary/aromatic N) is 2. The van der Waals surface area contributed by atoms with Crippen molar-refractivity contribution in [3.8, 4) is 0 Å². The van der Waals surface area contributed by atoms with Gasteiger partial charge in [0.25, 0.3) is 0 Å². The first-order chi connectivity index (χ1) is 8.67. The normalized spacial score (nSPS) is 20.2. The SMILES string of the molecule is CNCC1CCN(Cc2csc(NC(C)=O)n2)C1. The van der Waals surface area contributed by atoms with Gasteiger partial charge in [0, 0.05) is 25.4 Å². The second kappa shape index (κ2) is 6.26. The first-order valence-corrected chi connectivity index (χ1v) is 7.14. The van der Waals surface area contributed by atoms with Crippen LogP contribution < -0.4 is 10.6 Å². The summed E-state index contributed by atoms with van der Waals surface area (Å²) in [4.78, 5) is 17.8. The molecule has 2 heterocycles. The van der Waals surface area contributed by atoms with Crippen molar-refractivity contribution in [1.82, 2.24) is 15.2 Å². The van der Waals surface area contributed by atoms with E-state index in [-0.39, 0.29) is 5.91 Å². The minimum Gasteiger partial charge on any atom is -0.319 e. The van der Waals surface area contributed by atoms with Crippen LogP contribution in [0.3, 0.4) is 0 Å². The van der Waals surface area contributed by atoms with Gasteiger partial charge in [-0.15, -0.1) is 11.3 Å². The van der Waals surface area contributed by atoms with Gasteiger partial charge in [-0.2, -0.15) is 0 Å². The van der Waals surface area contributed by atoms with Crippen LogP contribution >= 0.6 is 11.3 Å². The van der Waals surface area contributed by atoms with E-state index >= 15 is 0 Å².